The van der Waals surface area contributed by atoms with Gasteiger partial charge < -0.3 is 19.0 Å². The number of hydrazine groups is 1. The van der Waals surface area contributed by atoms with Crippen LogP contribution < -0.4 is 14.2 Å². The molecule has 3 aromatic rings. The van der Waals surface area contributed by atoms with Gasteiger partial charge in [0.2, 0.25) is 15.9 Å². The summed E-state index contributed by atoms with van der Waals surface area (Å²) in [5.41, 5.74) is 0.237. The highest BCUT2D eigenvalue weighted by atomic mass is 32.2. The predicted octanol–water partition coefficient (Wildman–Crippen LogP) is 6.10. The number of nitrogens with zero attached hydrogens (tertiary/aromatic N) is 4. The number of carbonyl (C=O) groups is 4. The Balaban J connectivity index is 1.44. The molecule has 2 aliphatic carbocycles. The van der Waals surface area contributed by atoms with Crippen molar-refractivity contribution < 1.29 is 41.8 Å². The lowest BCUT2D eigenvalue weighted by atomic mass is 9.87. The number of fused-ring (bicyclic) bond motifs is 1. The number of aldehydes is 1. The molecule has 2 saturated carbocycles. The van der Waals surface area contributed by atoms with Crippen LogP contribution in [0.3, 0.4) is 0 Å². The second-order valence-electron chi connectivity index (χ2n) is 16.7. The molecule has 0 spiro atoms. The third-order valence-electron chi connectivity index (χ3n) is 10.1. The first-order valence-corrected chi connectivity index (χ1v) is 20.4. The number of amides is 4. The van der Waals surface area contributed by atoms with Crippen molar-refractivity contribution in [2.45, 2.75) is 102 Å². The largest absolute Gasteiger partial charge is 0.497 e. The van der Waals surface area contributed by atoms with Gasteiger partial charge in [-0.25, -0.2) is 32.7 Å². The summed E-state index contributed by atoms with van der Waals surface area (Å²) in [6.07, 6.45) is 1.77. The number of imide groups is 1. The summed E-state index contributed by atoms with van der Waals surface area (Å²) < 4.78 is 46.2. The first-order chi connectivity index (χ1) is 26.3. The molecule has 1 aromatic heterocycles. The number of hydrogen-bond acceptors (Lipinski definition) is 11. The molecule has 3 fully saturated rings. The average Bonchev–Trinajstić information content (AvgIpc) is 4.07. The highest BCUT2D eigenvalue weighted by Crippen LogP contribution is 2.41. The number of sulfonamides is 1. The van der Waals surface area contributed by atoms with E-state index in [2.05, 4.69) is 11.3 Å². The van der Waals surface area contributed by atoms with Gasteiger partial charge in [0.15, 0.2) is 0 Å². The lowest BCUT2D eigenvalue weighted by Crippen LogP contribution is -2.63. The number of carbonyl (C=O) groups excluding carboxylic acids is 4. The molecule has 300 valence electrons. The van der Waals surface area contributed by atoms with Crippen LogP contribution in [0.15, 0.2) is 67.3 Å². The molecule has 3 aliphatic rings. The highest BCUT2D eigenvalue weighted by Gasteiger charge is 2.54. The number of benzene rings is 2. The fourth-order valence-electron chi connectivity index (χ4n) is 6.94. The van der Waals surface area contributed by atoms with Crippen molar-refractivity contribution in [3.05, 3.63) is 67.3 Å². The van der Waals surface area contributed by atoms with E-state index in [1.165, 1.54) is 5.01 Å². The topological polar surface area (TPSA) is 165 Å². The second-order valence-corrected chi connectivity index (χ2v) is 18.7. The predicted molar refractivity (Wildman–Crippen MR) is 210 cm³/mol. The van der Waals surface area contributed by atoms with Crippen LogP contribution >= 0.6 is 0 Å². The minimum atomic E-state index is -4.03. The number of rotatable bonds is 12. The summed E-state index contributed by atoms with van der Waals surface area (Å²) in [5.74, 6) is 0.0236. The van der Waals surface area contributed by atoms with Crippen molar-refractivity contribution in [2.75, 3.05) is 13.7 Å². The van der Waals surface area contributed by atoms with E-state index >= 15 is 0 Å². The molecule has 2 heterocycles. The van der Waals surface area contributed by atoms with E-state index in [1.54, 1.807) is 72.9 Å². The Morgan fingerprint density at radius 3 is 2.29 bits per heavy atom. The fourth-order valence-corrected chi connectivity index (χ4v) is 8.21. The Hall–Kier alpha value is -5.02. The molecule has 4 amide bonds. The average molecular weight is 790 g/mol. The third-order valence-corrected chi connectivity index (χ3v) is 11.9. The van der Waals surface area contributed by atoms with Gasteiger partial charge in [0, 0.05) is 35.5 Å². The molecular weight excluding hydrogens is 739 g/mol. The van der Waals surface area contributed by atoms with Gasteiger partial charge in [-0.1, -0.05) is 57.2 Å². The van der Waals surface area contributed by atoms with Crippen LogP contribution in [0.1, 0.15) is 67.2 Å². The maximum atomic E-state index is 15.0. The molecule has 5 atom stereocenters. The van der Waals surface area contributed by atoms with Crippen molar-refractivity contribution in [3.63, 3.8) is 0 Å². The SMILES string of the molecule is C=CC1CC1N(C(=O)NS(=O)(=O)C1CC1)C(=O)[C@@H]1C[C@@H](Oc2cc(-c3ccccc3)nc3cc(OC)ccc23)CN1N(C(=O)OC(C)(C)C)[C@H](C=O)C(C)(C)C. The van der Waals surface area contributed by atoms with Crippen LogP contribution in [0.5, 0.6) is 11.5 Å². The van der Waals surface area contributed by atoms with Crippen molar-refractivity contribution in [3.8, 4) is 22.8 Å². The summed E-state index contributed by atoms with van der Waals surface area (Å²) in [4.78, 5) is 61.8. The summed E-state index contributed by atoms with van der Waals surface area (Å²) in [6, 6.07) is 12.6. The van der Waals surface area contributed by atoms with Gasteiger partial charge in [-0.15, -0.1) is 6.58 Å². The Bertz CT molecular complexity index is 2110. The first-order valence-electron chi connectivity index (χ1n) is 18.8. The lowest BCUT2D eigenvalue weighted by Gasteiger charge is -2.44. The molecular formula is C41H51N5O9S. The molecule has 6 rings (SSSR count). The van der Waals surface area contributed by atoms with Gasteiger partial charge in [-0.2, -0.15) is 5.01 Å². The quantitative estimate of drug-likeness (QED) is 0.167. The zero-order valence-corrected chi connectivity index (χ0v) is 33.7. The van der Waals surface area contributed by atoms with Crippen LogP contribution in [0, 0.1) is 11.3 Å². The monoisotopic (exact) mass is 789 g/mol. The number of methoxy groups -OCH3 is 1. The van der Waals surface area contributed by atoms with E-state index in [-0.39, 0.29) is 18.9 Å². The molecule has 56 heavy (non-hydrogen) atoms. The van der Waals surface area contributed by atoms with Gasteiger partial charge in [-0.05, 0) is 63.5 Å². The summed E-state index contributed by atoms with van der Waals surface area (Å²) >= 11 is 0. The first kappa shape index (κ1) is 40.6. The second kappa shape index (κ2) is 15.5. The summed E-state index contributed by atoms with van der Waals surface area (Å²) in [6.45, 7) is 14.2. The smallest absolute Gasteiger partial charge is 0.425 e. The fraction of sp³-hybridized carbons (Fsp3) is 0.488. The van der Waals surface area contributed by atoms with E-state index in [0.717, 1.165) is 15.5 Å². The van der Waals surface area contributed by atoms with E-state index in [9.17, 15) is 27.6 Å². The van der Waals surface area contributed by atoms with Crippen molar-refractivity contribution in [2.24, 2.45) is 11.3 Å². The molecule has 15 heteroatoms. The molecule has 14 nitrogen and oxygen atoms in total. The van der Waals surface area contributed by atoms with Crippen molar-refractivity contribution in [1.29, 1.82) is 0 Å². The molecule has 1 N–H and O–H groups in total. The lowest BCUT2D eigenvalue weighted by molar-refractivity contribution is -0.149. The van der Waals surface area contributed by atoms with Gasteiger partial charge in [0.25, 0.3) is 0 Å². The van der Waals surface area contributed by atoms with Gasteiger partial charge >= 0.3 is 12.1 Å². The van der Waals surface area contributed by atoms with Crippen LogP contribution in [-0.2, 0) is 24.3 Å². The number of hydrogen-bond donors (Lipinski definition) is 1. The minimum Gasteiger partial charge on any atom is -0.497 e. The maximum Gasteiger partial charge on any atom is 0.425 e. The molecule has 2 aromatic carbocycles. The Kier molecular flexibility index (Phi) is 11.2. The van der Waals surface area contributed by atoms with Gasteiger partial charge in [0.1, 0.15) is 41.6 Å². The Morgan fingerprint density at radius 2 is 1.71 bits per heavy atom. The standard InChI is InChI=1S/C41H51N5O9S/c1-9-25-19-33(25)45(38(49)43-56(51,52)29-16-17-29)37(48)34-21-28(23-44(34)46(36(24-47)40(2,3)4)39(50)55-41(5,6)7)54-35-22-31(26-13-11-10-12-14-26)42-32-20-27(53-8)15-18-30(32)35/h9-15,18,20,22,24-25,28-29,33-34,36H,1,16-17,19,21,23H2,2-8H3,(H,43,49)/t25?,28-,33?,34+,36-/m1/s1. The van der Waals surface area contributed by atoms with E-state index in [1.807, 2.05) is 36.4 Å². The van der Waals surface area contributed by atoms with E-state index in [4.69, 9.17) is 19.2 Å². The van der Waals surface area contributed by atoms with Gasteiger partial charge in [-0.3, -0.25) is 9.69 Å². The zero-order valence-electron chi connectivity index (χ0n) is 32.9. The van der Waals surface area contributed by atoms with Crippen molar-refractivity contribution >= 4 is 45.2 Å². The van der Waals surface area contributed by atoms with Crippen LogP contribution in [0.4, 0.5) is 9.59 Å². The van der Waals surface area contributed by atoms with Crippen LogP contribution in [0.2, 0.25) is 0 Å². The van der Waals surface area contributed by atoms with E-state index in [0.29, 0.717) is 53.6 Å². The summed E-state index contributed by atoms with van der Waals surface area (Å²) in [7, 11) is -2.46. The maximum absolute atomic E-state index is 15.0. The van der Waals surface area contributed by atoms with E-state index < -0.39 is 68.6 Å². The number of urea groups is 1. The number of aromatic nitrogens is 1. The number of nitrogens with one attached hydrogen (secondary N) is 1. The number of ether oxygens (including phenoxy) is 3. The molecule has 1 saturated heterocycles. The minimum absolute atomic E-state index is 0.0425. The van der Waals surface area contributed by atoms with Gasteiger partial charge in [0.05, 0.1) is 30.1 Å². The van der Waals surface area contributed by atoms with Crippen molar-refractivity contribution in [1.82, 2.24) is 24.6 Å². The molecule has 1 aliphatic heterocycles. The Morgan fingerprint density at radius 1 is 1.02 bits per heavy atom. The molecule has 2 unspecified atom stereocenters. The molecule has 0 radical (unpaired) electrons. The van der Waals surface area contributed by atoms with Crippen LogP contribution in [-0.4, -0.2) is 101 Å². The third kappa shape index (κ3) is 8.83. The summed E-state index contributed by atoms with van der Waals surface area (Å²) in [5, 5.41) is 2.55. The molecule has 0 bridgehead atoms. The zero-order chi connectivity index (χ0) is 40.7. The highest BCUT2D eigenvalue weighted by molar-refractivity contribution is 7.90. The Labute approximate surface area is 328 Å². The van der Waals surface area contributed by atoms with Crippen LogP contribution in [0.25, 0.3) is 22.2 Å². The number of pyridine rings is 1. The normalized spacial score (nSPS) is 21.8.